The largest absolute Gasteiger partial charge is 0.338 e. The zero-order chi connectivity index (χ0) is 17.8. The van der Waals surface area contributed by atoms with Gasteiger partial charge < -0.3 is 9.84 Å². The van der Waals surface area contributed by atoms with Crippen molar-refractivity contribution in [3.05, 3.63) is 51.1 Å². The molecule has 0 atom stereocenters. The second-order valence-corrected chi connectivity index (χ2v) is 7.64. The predicted octanol–water partition coefficient (Wildman–Crippen LogP) is 4.28. The Balaban J connectivity index is 1.54. The molecule has 0 spiro atoms. The smallest absolute Gasteiger partial charge is 0.241 e. The topological polar surface area (TPSA) is 71.3 Å². The Bertz CT molecular complexity index is 882. The van der Waals surface area contributed by atoms with Gasteiger partial charge in [0.25, 0.3) is 0 Å². The molecule has 6 nitrogen and oxygen atoms in total. The van der Waals surface area contributed by atoms with Gasteiger partial charge in [0.05, 0.1) is 18.0 Å². The van der Waals surface area contributed by atoms with Gasteiger partial charge in [0.2, 0.25) is 17.6 Å². The predicted molar refractivity (Wildman–Crippen MR) is 102 cm³/mol. The van der Waals surface area contributed by atoms with Gasteiger partial charge in [-0.1, -0.05) is 22.8 Å². The molecule has 2 heterocycles. The van der Waals surface area contributed by atoms with Crippen LogP contribution in [-0.4, -0.2) is 34.5 Å². The lowest BCUT2D eigenvalue weighted by molar-refractivity contribution is -0.117. The maximum Gasteiger partial charge on any atom is 0.241 e. The Morgan fingerprint density at radius 3 is 3.00 bits per heavy atom. The van der Waals surface area contributed by atoms with Crippen molar-refractivity contribution in [2.75, 3.05) is 18.9 Å². The number of amides is 1. The Kier molecular flexibility index (Phi) is 5.85. The zero-order valence-electron chi connectivity index (χ0n) is 13.2. The molecule has 2 aromatic heterocycles. The molecule has 1 N–H and O–H groups in total. The first kappa shape index (κ1) is 18.1. The first-order valence-electron chi connectivity index (χ1n) is 7.30. The van der Waals surface area contributed by atoms with Gasteiger partial charge in [-0.2, -0.15) is 4.98 Å². The van der Waals surface area contributed by atoms with Crippen molar-refractivity contribution in [3.63, 3.8) is 0 Å². The van der Waals surface area contributed by atoms with Crippen LogP contribution in [0.3, 0.4) is 0 Å². The number of benzene rings is 1. The summed E-state index contributed by atoms with van der Waals surface area (Å²) >= 11 is 10.8. The fraction of sp³-hybridized carbons (Fsp3) is 0.188. The molecule has 0 unspecified atom stereocenters. The first-order valence-corrected chi connectivity index (χ1v) is 9.35. The highest BCUT2D eigenvalue weighted by molar-refractivity contribution is 9.10. The summed E-state index contributed by atoms with van der Waals surface area (Å²) in [7, 11) is 1.81. The second kappa shape index (κ2) is 8.09. The quantitative estimate of drug-likeness (QED) is 0.618. The van der Waals surface area contributed by atoms with Crippen molar-refractivity contribution in [3.8, 4) is 10.7 Å². The molecule has 0 saturated heterocycles. The van der Waals surface area contributed by atoms with Gasteiger partial charge >= 0.3 is 0 Å². The minimum atomic E-state index is -0.147. The molecule has 0 fully saturated rings. The molecule has 1 aromatic carbocycles. The van der Waals surface area contributed by atoms with Crippen molar-refractivity contribution in [2.24, 2.45) is 0 Å². The maximum atomic E-state index is 12.1. The van der Waals surface area contributed by atoms with E-state index in [-0.39, 0.29) is 12.5 Å². The molecule has 0 aliphatic heterocycles. The number of nitrogens with zero attached hydrogens (tertiary/aromatic N) is 3. The van der Waals surface area contributed by atoms with Crippen LogP contribution in [0.2, 0.25) is 5.02 Å². The summed E-state index contributed by atoms with van der Waals surface area (Å²) in [6.07, 6.45) is 0. The maximum absolute atomic E-state index is 12.1. The summed E-state index contributed by atoms with van der Waals surface area (Å²) in [5.41, 5.74) is 0.661. The van der Waals surface area contributed by atoms with Crippen LogP contribution in [-0.2, 0) is 11.3 Å². The molecule has 3 rings (SSSR count). The van der Waals surface area contributed by atoms with Crippen LogP contribution in [0.25, 0.3) is 10.7 Å². The number of rotatable bonds is 6. The number of aromatic nitrogens is 2. The molecule has 0 bridgehead atoms. The Morgan fingerprint density at radius 2 is 2.28 bits per heavy atom. The van der Waals surface area contributed by atoms with E-state index >= 15 is 0 Å². The van der Waals surface area contributed by atoms with Crippen molar-refractivity contribution in [1.82, 2.24) is 15.0 Å². The fourth-order valence-corrected chi connectivity index (χ4v) is 3.69. The van der Waals surface area contributed by atoms with Gasteiger partial charge in [0.1, 0.15) is 0 Å². The highest BCUT2D eigenvalue weighted by Crippen LogP contribution is 2.27. The van der Waals surface area contributed by atoms with E-state index < -0.39 is 0 Å². The Hall–Kier alpha value is -1.74. The van der Waals surface area contributed by atoms with Crippen molar-refractivity contribution >= 4 is 50.5 Å². The van der Waals surface area contributed by atoms with E-state index in [1.807, 2.05) is 18.5 Å². The van der Waals surface area contributed by atoms with Crippen LogP contribution in [0.15, 0.2) is 44.7 Å². The molecule has 1 amide bonds. The van der Waals surface area contributed by atoms with Crippen LogP contribution in [0.5, 0.6) is 0 Å². The Morgan fingerprint density at radius 1 is 1.44 bits per heavy atom. The number of carbonyl (C=O) groups excluding carboxylic acids is 1. The second-order valence-electron chi connectivity index (χ2n) is 5.37. The van der Waals surface area contributed by atoms with Gasteiger partial charge in [-0.15, -0.1) is 11.3 Å². The number of halogens is 2. The summed E-state index contributed by atoms with van der Waals surface area (Å²) in [5, 5.41) is 9.30. The highest BCUT2D eigenvalue weighted by Gasteiger charge is 2.14. The third-order valence-electron chi connectivity index (χ3n) is 3.18. The lowest BCUT2D eigenvalue weighted by Gasteiger charge is -2.13. The van der Waals surface area contributed by atoms with Gasteiger partial charge in [0.15, 0.2) is 0 Å². The minimum absolute atomic E-state index is 0.147. The van der Waals surface area contributed by atoms with Crippen molar-refractivity contribution in [1.29, 1.82) is 0 Å². The summed E-state index contributed by atoms with van der Waals surface area (Å²) < 4.78 is 6.23. The zero-order valence-corrected chi connectivity index (χ0v) is 16.4. The Labute approximate surface area is 161 Å². The molecule has 3 aromatic rings. The fourth-order valence-electron chi connectivity index (χ4n) is 2.15. The third kappa shape index (κ3) is 5.12. The van der Waals surface area contributed by atoms with E-state index in [0.717, 1.165) is 9.35 Å². The molecular weight excluding hydrogens is 428 g/mol. The number of likely N-dealkylation sites (N-methyl/N-ethyl adjacent to an activating group) is 1. The van der Waals surface area contributed by atoms with Crippen LogP contribution in [0, 0.1) is 0 Å². The molecule has 130 valence electrons. The van der Waals surface area contributed by atoms with E-state index in [2.05, 4.69) is 31.4 Å². The molecule has 0 aliphatic rings. The monoisotopic (exact) mass is 440 g/mol. The van der Waals surface area contributed by atoms with Gasteiger partial charge in [-0.25, -0.2) is 0 Å². The van der Waals surface area contributed by atoms with E-state index in [0.29, 0.717) is 29.0 Å². The molecule has 0 saturated carbocycles. The van der Waals surface area contributed by atoms with Crippen molar-refractivity contribution < 1.29 is 9.32 Å². The van der Waals surface area contributed by atoms with E-state index in [1.165, 1.54) is 11.3 Å². The normalized spacial score (nSPS) is 11.0. The summed E-state index contributed by atoms with van der Waals surface area (Å²) in [6, 6.07) is 8.95. The summed E-state index contributed by atoms with van der Waals surface area (Å²) in [4.78, 5) is 19.2. The summed E-state index contributed by atoms with van der Waals surface area (Å²) in [6.45, 7) is 0.567. The number of thiophene rings is 1. The van der Waals surface area contributed by atoms with E-state index in [9.17, 15) is 4.79 Å². The molecule has 0 aliphatic carbocycles. The van der Waals surface area contributed by atoms with E-state index in [1.54, 1.807) is 29.2 Å². The van der Waals surface area contributed by atoms with Crippen LogP contribution in [0.1, 0.15) is 5.89 Å². The number of anilines is 1. The van der Waals surface area contributed by atoms with Crippen LogP contribution < -0.4 is 5.32 Å². The molecule has 25 heavy (non-hydrogen) atoms. The third-order valence-corrected chi connectivity index (χ3v) is 5.11. The molecule has 0 radical (unpaired) electrons. The average Bonchev–Trinajstić information content (AvgIpc) is 3.16. The standard InChI is InChI=1S/C16H14BrClN4O2S/c1-22(7-14(23)19-12-4-2-3-11(18)6-12)8-15-20-16(21-24-15)13-5-10(17)9-25-13/h2-6,9H,7-8H2,1H3,(H,19,23). The highest BCUT2D eigenvalue weighted by atomic mass is 79.9. The number of hydrogen-bond acceptors (Lipinski definition) is 6. The van der Waals surface area contributed by atoms with Gasteiger partial charge in [-0.3, -0.25) is 9.69 Å². The van der Waals surface area contributed by atoms with Gasteiger partial charge in [0, 0.05) is 20.6 Å². The first-order chi connectivity index (χ1) is 12.0. The van der Waals surface area contributed by atoms with E-state index in [4.69, 9.17) is 16.1 Å². The molecule has 9 heteroatoms. The lowest BCUT2D eigenvalue weighted by atomic mass is 10.3. The number of carbonyl (C=O) groups is 1. The molecular formula is C16H14BrClN4O2S. The average molecular weight is 442 g/mol. The lowest BCUT2D eigenvalue weighted by Crippen LogP contribution is -2.29. The van der Waals surface area contributed by atoms with Crippen LogP contribution >= 0.6 is 38.9 Å². The van der Waals surface area contributed by atoms with Crippen LogP contribution in [0.4, 0.5) is 5.69 Å². The van der Waals surface area contributed by atoms with Gasteiger partial charge in [-0.05, 0) is 47.2 Å². The van der Waals surface area contributed by atoms with Crippen molar-refractivity contribution in [2.45, 2.75) is 6.54 Å². The summed E-state index contributed by atoms with van der Waals surface area (Å²) in [5.74, 6) is 0.853. The SMILES string of the molecule is CN(CC(=O)Nc1cccc(Cl)c1)Cc1nc(-c2cc(Br)cs2)no1. The number of nitrogens with one attached hydrogen (secondary N) is 1. The number of hydrogen-bond donors (Lipinski definition) is 1. The minimum Gasteiger partial charge on any atom is -0.338 e.